The molecule has 2 heterocycles. The SMILES string of the molecule is O=C(O)[C@H]1CSC2(CCN(c3ccccc3)CC2)N1. The molecule has 1 aromatic rings. The largest absolute Gasteiger partial charge is 0.480 e. The van der Waals surface area contributed by atoms with Gasteiger partial charge in [0.2, 0.25) is 0 Å². The zero-order valence-electron chi connectivity index (χ0n) is 10.7. The Bertz CT molecular complexity index is 458. The van der Waals surface area contributed by atoms with Gasteiger partial charge in [-0.1, -0.05) is 18.2 Å². The van der Waals surface area contributed by atoms with Crippen LogP contribution in [0.2, 0.25) is 0 Å². The molecule has 2 saturated heterocycles. The molecule has 1 spiro atoms. The Hall–Kier alpha value is -1.20. The van der Waals surface area contributed by atoms with Crippen LogP contribution in [0.4, 0.5) is 5.69 Å². The second-order valence-electron chi connectivity index (χ2n) is 5.16. The third kappa shape index (κ3) is 2.58. The number of aliphatic carboxylic acids is 1. The predicted molar refractivity (Wildman–Crippen MR) is 77.6 cm³/mol. The Kier molecular flexibility index (Phi) is 3.41. The van der Waals surface area contributed by atoms with Gasteiger partial charge in [-0.05, 0) is 25.0 Å². The maximum atomic E-state index is 11.0. The van der Waals surface area contributed by atoms with Crippen molar-refractivity contribution in [1.82, 2.24) is 5.32 Å². The molecule has 0 unspecified atom stereocenters. The molecule has 2 aliphatic heterocycles. The molecular formula is C14H18N2O2S. The molecular weight excluding hydrogens is 260 g/mol. The molecule has 0 aliphatic carbocycles. The maximum Gasteiger partial charge on any atom is 0.321 e. The van der Waals surface area contributed by atoms with Crippen LogP contribution in [-0.4, -0.2) is 40.8 Å². The van der Waals surface area contributed by atoms with Gasteiger partial charge < -0.3 is 10.0 Å². The summed E-state index contributed by atoms with van der Waals surface area (Å²) < 4.78 is 0. The number of hydrogen-bond donors (Lipinski definition) is 2. The summed E-state index contributed by atoms with van der Waals surface area (Å²) in [6, 6.07) is 10.0. The van der Waals surface area contributed by atoms with Crippen molar-refractivity contribution >= 4 is 23.4 Å². The van der Waals surface area contributed by atoms with Crippen LogP contribution in [0, 0.1) is 0 Å². The third-order valence-electron chi connectivity index (χ3n) is 3.95. The molecule has 0 amide bonds. The van der Waals surface area contributed by atoms with Crippen LogP contribution >= 0.6 is 11.8 Å². The number of para-hydroxylation sites is 1. The summed E-state index contributed by atoms with van der Waals surface area (Å²) in [4.78, 5) is 13.4. The Labute approximate surface area is 117 Å². The van der Waals surface area contributed by atoms with Crippen LogP contribution in [0.3, 0.4) is 0 Å². The molecule has 2 fully saturated rings. The summed E-state index contributed by atoms with van der Waals surface area (Å²) in [6.07, 6.45) is 1.99. The summed E-state index contributed by atoms with van der Waals surface area (Å²) >= 11 is 1.78. The lowest BCUT2D eigenvalue weighted by atomic mass is 10.0. The van der Waals surface area contributed by atoms with E-state index >= 15 is 0 Å². The first-order valence-corrected chi connectivity index (χ1v) is 7.62. The van der Waals surface area contributed by atoms with Crippen molar-refractivity contribution in [2.75, 3.05) is 23.7 Å². The zero-order chi connectivity index (χ0) is 13.3. The summed E-state index contributed by atoms with van der Waals surface area (Å²) in [5.41, 5.74) is 1.26. The van der Waals surface area contributed by atoms with Crippen LogP contribution in [0.15, 0.2) is 30.3 Å². The van der Waals surface area contributed by atoms with Crippen molar-refractivity contribution in [3.8, 4) is 0 Å². The smallest absolute Gasteiger partial charge is 0.321 e. The van der Waals surface area contributed by atoms with Crippen molar-refractivity contribution in [2.24, 2.45) is 0 Å². The number of anilines is 1. The molecule has 0 bridgehead atoms. The van der Waals surface area contributed by atoms with Crippen molar-refractivity contribution in [2.45, 2.75) is 23.8 Å². The number of benzene rings is 1. The number of piperidine rings is 1. The molecule has 19 heavy (non-hydrogen) atoms. The minimum atomic E-state index is -0.727. The van der Waals surface area contributed by atoms with Gasteiger partial charge in [-0.3, -0.25) is 10.1 Å². The number of nitrogens with one attached hydrogen (secondary N) is 1. The normalized spacial score (nSPS) is 25.7. The molecule has 1 atom stereocenters. The van der Waals surface area contributed by atoms with Crippen LogP contribution < -0.4 is 10.2 Å². The summed E-state index contributed by atoms with van der Waals surface area (Å²) in [6.45, 7) is 1.96. The molecule has 0 saturated carbocycles. The topological polar surface area (TPSA) is 52.6 Å². The molecule has 1 aromatic carbocycles. The van der Waals surface area contributed by atoms with E-state index in [0.717, 1.165) is 25.9 Å². The highest BCUT2D eigenvalue weighted by molar-refractivity contribution is 8.01. The number of rotatable bonds is 2. The van der Waals surface area contributed by atoms with Crippen molar-refractivity contribution < 1.29 is 9.90 Å². The van der Waals surface area contributed by atoms with E-state index in [1.807, 2.05) is 6.07 Å². The van der Waals surface area contributed by atoms with Gasteiger partial charge in [0.15, 0.2) is 0 Å². The van der Waals surface area contributed by atoms with Crippen LogP contribution in [0.5, 0.6) is 0 Å². The Morgan fingerprint density at radius 1 is 1.32 bits per heavy atom. The maximum absolute atomic E-state index is 11.0. The quantitative estimate of drug-likeness (QED) is 0.863. The number of carboxylic acid groups (broad SMARTS) is 1. The van der Waals surface area contributed by atoms with Crippen LogP contribution in [0.1, 0.15) is 12.8 Å². The first-order valence-electron chi connectivity index (χ1n) is 6.63. The lowest BCUT2D eigenvalue weighted by Gasteiger charge is -2.40. The summed E-state index contributed by atoms with van der Waals surface area (Å²) in [5, 5.41) is 12.4. The van der Waals surface area contributed by atoms with Gasteiger partial charge in [-0.15, -0.1) is 11.8 Å². The second kappa shape index (κ2) is 5.06. The van der Waals surface area contributed by atoms with Gasteiger partial charge >= 0.3 is 5.97 Å². The van der Waals surface area contributed by atoms with E-state index < -0.39 is 5.97 Å². The molecule has 4 nitrogen and oxygen atoms in total. The zero-order valence-corrected chi connectivity index (χ0v) is 11.5. The van der Waals surface area contributed by atoms with E-state index in [0.29, 0.717) is 5.75 Å². The monoisotopic (exact) mass is 278 g/mol. The van der Waals surface area contributed by atoms with Gasteiger partial charge in [-0.25, -0.2) is 0 Å². The molecule has 5 heteroatoms. The van der Waals surface area contributed by atoms with E-state index in [1.165, 1.54) is 5.69 Å². The molecule has 2 N–H and O–H groups in total. The number of thioether (sulfide) groups is 1. The average Bonchev–Trinajstić information content (AvgIpc) is 2.85. The first kappa shape index (κ1) is 12.8. The number of carbonyl (C=O) groups is 1. The van der Waals surface area contributed by atoms with E-state index in [2.05, 4.69) is 34.5 Å². The highest BCUT2D eigenvalue weighted by Gasteiger charge is 2.43. The minimum Gasteiger partial charge on any atom is -0.480 e. The Balaban J connectivity index is 1.63. The van der Waals surface area contributed by atoms with Crippen molar-refractivity contribution in [3.63, 3.8) is 0 Å². The van der Waals surface area contributed by atoms with Crippen LogP contribution in [-0.2, 0) is 4.79 Å². The standard InChI is InChI=1S/C14H18N2O2S/c17-13(18)12-10-19-14(15-12)6-8-16(9-7-14)11-4-2-1-3-5-11/h1-5,12,15H,6-10H2,(H,17,18)/t12-/m1/s1. The van der Waals surface area contributed by atoms with Crippen LogP contribution in [0.25, 0.3) is 0 Å². The lowest BCUT2D eigenvalue weighted by Crippen LogP contribution is -2.51. The predicted octanol–water partition coefficient (Wildman–Crippen LogP) is 1.77. The van der Waals surface area contributed by atoms with Gasteiger partial charge in [0.1, 0.15) is 6.04 Å². The fraction of sp³-hybridized carbons (Fsp3) is 0.500. The fourth-order valence-corrected chi connectivity index (χ4v) is 4.24. The fourth-order valence-electron chi connectivity index (χ4n) is 2.83. The highest BCUT2D eigenvalue weighted by Crippen LogP contribution is 2.39. The number of carboxylic acids is 1. The highest BCUT2D eigenvalue weighted by atomic mass is 32.2. The first-order chi connectivity index (χ1) is 9.19. The third-order valence-corrected chi connectivity index (χ3v) is 5.53. The van der Waals surface area contributed by atoms with E-state index in [-0.39, 0.29) is 10.9 Å². The van der Waals surface area contributed by atoms with Crippen molar-refractivity contribution in [1.29, 1.82) is 0 Å². The average molecular weight is 278 g/mol. The van der Waals surface area contributed by atoms with Gasteiger partial charge in [-0.2, -0.15) is 0 Å². The van der Waals surface area contributed by atoms with Gasteiger partial charge in [0.05, 0.1) is 4.87 Å². The molecule has 0 radical (unpaired) electrons. The van der Waals surface area contributed by atoms with E-state index in [4.69, 9.17) is 5.11 Å². The number of nitrogens with zero attached hydrogens (tertiary/aromatic N) is 1. The van der Waals surface area contributed by atoms with Gasteiger partial charge in [0, 0.05) is 24.5 Å². The molecule has 3 rings (SSSR count). The second-order valence-corrected chi connectivity index (χ2v) is 6.57. The van der Waals surface area contributed by atoms with Gasteiger partial charge in [0.25, 0.3) is 0 Å². The molecule has 2 aliphatic rings. The molecule has 0 aromatic heterocycles. The van der Waals surface area contributed by atoms with Crippen molar-refractivity contribution in [3.05, 3.63) is 30.3 Å². The minimum absolute atomic E-state index is 0.0195. The Morgan fingerprint density at radius 3 is 2.58 bits per heavy atom. The number of hydrogen-bond acceptors (Lipinski definition) is 4. The summed E-state index contributed by atoms with van der Waals surface area (Å²) in [5.74, 6) is -0.0458. The lowest BCUT2D eigenvalue weighted by molar-refractivity contribution is -0.138. The Morgan fingerprint density at radius 2 is 2.00 bits per heavy atom. The van der Waals surface area contributed by atoms with E-state index in [9.17, 15) is 4.79 Å². The van der Waals surface area contributed by atoms with E-state index in [1.54, 1.807) is 11.8 Å². The summed E-state index contributed by atoms with van der Waals surface area (Å²) in [7, 11) is 0. The molecule has 102 valence electrons.